The van der Waals surface area contributed by atoms with Crippen LogP contribution in [0.1, 0.15) is 58.2 Å². The molecule has 3 heterocycles. The average molecular weight is 671 g/mol. The molecule has 3 aliphatic heterocycles. The van der Waals surface area contributed by atoms with Gasteiger partial charge in [-0.1, -0.05) is 78.5 Å². The highest BCUT2D eigenvalue weighted by molar-refractivity contribution is 14.2. The van der Waals surface area contributed by atoms with Crippen molar-refractivity contribution in [1.29, 1.82) is 0 Å². The molecule has 0 spiro atoms. The number of carbonyl (C=O) groups is 1. The number of nitrogens with one attached hydrogen (secondary N) is 1. The maximum Gasteiger partial charge on any atom is 0.172 e. The monoisotopic (exact) mass is 670 g/mol. The van der Waals surface area contributed by atoms with E-state index in [1.54, 1.807) is 0 Å². The lowest BCUT2D eigenvalue weighted by Gasteiger charge is -2.46. The van der Waals surface area contributed by atoms with Gasteiger partial charge in [-0.3, -0.25) is 4.79 Å². The number of benzene rings is 3. The molecule has 216 valence electrons. The fourth-order valence-electron chi connectivity index (χ4n) is 7.41. The molecule has 1 unspecified atom stereocenters. The Balaban J connectivity index is 1.28. The summed E-state index contributed by atoms with van der Waals surface area (Å²) in [6.07, 6.45) is 1.88. The summed E-state index contributed by atoms with van der Waals surface area (Å²) in [5.41, 5.74) is 8.46. The van der Waals surface area contributed by atoms with Crippen molar-refractivity contribution in [2.45, 2.75) is 57.8 Å². The summed E-state index contributed by atoms with van der Waals surface area (Å²) < 4.78 is 3.39. The SMILES string of the molecule is C=C1Nc2cc3c(cc2C1(C)C)N(C)I=C(C1C(=O)C(/C=C2/N(C)c4ccc5ccccc5c4C2(C)C)=C1[O-])C3(C)C. The van der Waals surface area contributed by atoms with Crippen molar-refractivity contribution in [3.8, 4) is 0 Å². The molecule has 6 heteroatoms. The van der Waals surface area contributed by atoms with Crippen molar-refractivity contribution in [2.24, 2.45) is 5.92 Å². The Bertz CT molecular complexity index is 1870. The minimum Gasteiger partial charge on any atom is -0.874 e. The van der Waals surface area contributed by atoms with E-state index in [1.807, 2.05) is 13.1 Å². The lowest BCUT2D eigenvalue weighted by Crippen LogP contribution is -2.49. The van der Waals surface area contributed by atoms with Gasteiger partial charge >= 0.3 is 0 Å². The molecule has 1 aliphatic carbocycles. The first-order chi connectivity index (χ1) is 19.7. The summed E-state index contributed by atoms with van der Waals surface area (Å²) in [5.74, 6) is -0.738. The Hall–Kier alpha value is -3.39. The molecule has 5 nitrogen and oxygen atoms in total. The summed E-state index contributed by atoms with van der Waals surface area (Å²) >= 11 is -0.694. The molecule has 0 aromatic heterocycles. The third-order valence-corrected chi connectivity index (χ3v) is 13.9. The van der Waals surface area contributed by atoms with Gasteiger partial charge in [-0.05, 0) is 51.7 Å². The first-order valence-corrected chi connectivity index (χ1v) is 16.6. The van der Waals surface area contributed by atoms with Crippen LogP contribution in [0.5, 0.6) is 0 Å². The zero-order valence-electron chi connectivity index (χ0n) is 25.6. The fourth-order valence-corrected chi connectivity index (χ4v) is 10.6. The number of nitrogens with zero attached hydrogens (tertiary/aromatic N) is 2. The minimum absolute atomic E-state index is 0.0362. The highest BCUT2D eigenvalue weighted by Gasteiger charge is 2.48. The second-order valence-corrected chi connectivity index (χ2v) is 16.7. The van der Waals surface area contributed by atoms with Crippen molar-refractivity contribution >= 4 is 58.1 Å². The molecule has 0 amide bonds. The van der Waals surface area contributed by atoms with Crippen LogP contribution < -0.4 is 18.4 Å². The number of Topliss-reactive ketones (excluding diaryl/α,β-unsaturated/α-hetero) is 1. The molecule has 1 atom stereocenters. The molecular formula is C36H37IN3O2-. The Kier molecular flexibility index (Phi) is 5.61. The van der Waals surface area contributed by atoms with Gasteiger partial charge in [-0.25, -0.2) is 0 Å². The van der Waals surface area contributed by atoms with E-state index < -0.39 is 32.3 Å². The topological polar surface area (TPSA) is 58.6 Å². The van der Waals surface area contributed by atoms with Gasteiger partial charge in [0.25, 0.3) is 0 Å². The second kappa shape index (κ2) is 8.59. The summed E-state index contributed by atoms with van der Waals surface area (Å²) in [6, 6.07) is 17.2. The van der Waals surface area contributed by atoms with Crippen LogP contribution in [-0.2, 0) is 21.0 Å². The van der Waals surface area contributed by atoms with Crippen LogP contribution in [0.4, 0.5) is 17.1 Å². The van der Waals surface area contributed by atoms with E-state index in [0.717, 1.165) is 31.8 Å². The summed E-state index contributed by atoms with van der Waals surface area (Å²) in [6.45, 7) is 17.4. The normalized spacial score (nSPS) is 24.1. The zero-order chi connectivity index (χ0) is 30.1. The van der Waals surface area contributed by atoms with Crippen LogP contribution in [0.15, 0.2) is 83.9 Å². The molecular weight excluding hydrogens is 633 g/mol. The maximum absolute atomic E-state index is 13.9. The second-order valence-electron chi connectivity index (χ2n) is 13.6. The summed E-state index contributed by atoms with van der Waals surface area (Å²) in [4.78, 5) is 16.1. The number of fused-ring (bicyclic) bond motifs is 5. The number of halogens is 1. The number of allylic oxidation sites excluding steroid dienone is 5. The molecule has 0 fully saturated rings. The third-order valence-electron chi connectivity index (χ3n) is 10.2. The molecule has 42 heavy (non-hydrogen) atoms. The van der Waals surface area contributed by atoms with Gasteiger partial charge < -0.3 is 18.4 Å². The van der Waals surface area contributed by atoms with E-state index in [9.17, 15) is 9.90 Å². The minimum atomic E-state index is -0.694. The Morgan fingerprint density at radius 1 is 0.929 bits per heavy atom. The van der Waals surface area contributed by atoms with Crippen molar-refractivity contribution in [3.05, 3.63) is 101 Å². The van der Waals surface area contributed by atoms with Crippen molar-refractivity contribution in [1.82, 2.24) is 0 Å². The largest absolute Gasteiger partial charge is 0.874 e. The van der Waals surface area contributed by atoms with Crippen molar-refractivity contribution in [2.75, 3.05) is 27.4 Å². The maximum atomic E-state index is 13.9. The average Bonchev–Trinajstić information content (AvgIpc) is 3.28. The van der Waals surface area contributed by atoms with E-state index in [4.69, 9.17) is 0 Å². The molecule has 0 saturated carbocycles. The van der Waals surface area contributed by atoms with Gasteiger partial charge in [-0.2, -0.15) is 0 Å². The van der Waals surface area contributed by atoms with Crippen LogP contribution >= 0.6 is 21.0 Å². The van der Waals surface area contributed by atoms with E-state index in [2.05, 4.69) is 117 Å². The molecule has 1 N–H and O–H groups in total. The van der Waals surface area contributed by atoms with Crippen LogP contribution in [-0.4, -0.2) is 23.4 Å². The number of hydrogen-bond acceptors (Lipinski definition) is 5. The van der Waals surface area contributed by atoms with E-state index in [1.165, 1.54) is 27.6 Å². The van der Waals surface area contributed by atoms with Crippen LogP contribution in [0.25, 0.3) is 10.8 Å². The van der Waals surface area contributed by atoms with E-state index in [-0.39, 0.29) is 22.4 Å². The smallest absolute Gasteiger partial charge is 0.172 e. The van der Waals surface area contributed by atoms with Crippen LogP contribution in [0.3, 0.4) is 0 Å². The Morgan fingerprint density at radius 3 is 2.36 bits per heavy atom. The number of rotatable bonds is 2. The number of ketones is 1. The summed E-state index contributed by atoms with van der Waals surface area (Å²) in [5, 5.41) is 19.8. The highest BCUT2D eigenvalue weighted by atomic mass is 127. The summed E-state index contributed by atoms with van der Waals surface area (Å²) in [7, 11) is 4.15. The van der Waals surface area contributed by atoms with Crippen LogP contribution in [0, 0.1) is 5.92 Å². The molecule has 0 radical (unpaired) electrons. The van der Waals surface area contributed by atoms with Gasteiger partial charge in [0, 0.05) is 88.9 Å². The number of anilines is 3. The molecule has 3 aromatic carbocycles. The number of carbonyl (C=O) groups excluding carboxylic acids is 1. The lowest BCUT2D eigenvalue weighted by molar-refractivity contribution is -0.314. The first-order valence-electron chi connectivity index (χ1n) is 14.5. The molecule has 0 bridgehead atoms. The van der Waals surface area contributed by atoms with Gasteiger partial charge in [0.05, 0.1) is 5.92 Å². The highest BCUT2D eigenvalue weighted by Crippen LogP contribution is 2.54. The fraction of sp³-hybridized carbons (Fsp3) is 0.333. The number of hydrogen-bond donors (Lipinski definition) is 1. The standard InChI is InChI=1S/C36H38IN3O2/c1-19-34(2,3)23-18-27-24(17-25(23)38-19)35(4,5)33(37-40(27)9)29-31(41)22(32(29)42)16-28-36(6,7)30-21-13-11-10-12-20(21)14-15-26(30)39(28)8/h10-18,29,38,41H,1H2,2-9H3/p-1/b28-16+. The van der Waals surface area contributed by atoms with E-state index in [0.29, 0.717) is 5.57 Å². The number of likely N-dealkylation sites (N-methyl/N-ethyl adjacent to an activating group) is 1. The predicted molar refractivity (Wildman–Crippen MR) is 182 cm³/mol. The van der Waals surface area contributed by atoms with Crippen molar-refractivity contribution in [3.63, 3.8) is 0 Å². The molecule has 7 rings (SSSR count). The third kappa shape index (κ3) is 3.41. The van der Waals surface area contributed by atoms with Gasteiger partial charge in [-0.15, -0.1) is 5.76 Å². The molecule has 3 aromatic rings. The van der Waals surface area contributed by atoms with Gasteiger partial charge in [0.2, 0.25) is 0 Å². The van der Waals surface area contributed by atoms with Gasteiger partial charge in [0.15, 0.2) is 5.78 Å². The Labute approximate surface area is 258 Å². The van der Waals surface area contributed by atoms with Crippen LogP contribution in [0.2, 0.25) is 0 Å². The van der Waals surface area contributed by atoms with E-state index >= 15 is 0 Å². The Morgan fingerprint density at radius 2 is 1.64 bits per heavy atom. The lowest BCUT2D eigenvalue weighted by atomic mass is 9.68. The predicted octanol–water partition coefficient (Wildman–Crippen LogP) is 6.97. The van der Waals surface area contributed by atoms with Gasteiger partial charge in [0.1, 0.15) is 0 Å². The first kappa shape index (κ1) is 27.4. The quantitative estimate of drug-likeness (QED) is 0.236. The van der Waals surface area contributed by atoms with Crippen molar-refractivity contribution < 1.29 is 9.90 Å². The molecule has 4 aliphatic rings. The zero-order valence-corrected chi connectivity index (χ0v) is 27.7. The molecule has 0 saturated heterocycles.